The first-order valence-corrected chi connectivity index (χ1v) is 10.2. The van der Waals surface area contributed by atoms with Crippen molar-refractivity contribution in [1.82, 2.24) is 4.90 Å². The lowest BCUT2D eigenvalue weighted by atomic mass is 9.90. The minimum Gasteiger partial charge on any atom is -0.389 e. The van der Waals surface area contributed by atoms with Crippen molar-refractivity contribution < 1.29 is 14.2 Å². The highest BCUT2D eigenvalue weighted by atomic mass is 19.1. The first kappa shape index (κ1) is 18.2. The van der Waals surface area contributed by atoms with Crippen LogP contribution in [0.25, 0.3) is 0 Å². The molecular formula is C21H31FN2O2. The van der Waals surface area contributed by atoms with Gasteiger partial charge in [-0.25, -0.2) is 4.39 Å². The third kappa shape index (κ3) is 4.21. The zero-order valence-electron chi connectivity index (χ0n) is 15.5. The summed E-state index contributed by atoms with van der Waals surface area (Å²) in [4.78, 5) is 4.34. The molecule has 3 aliphatic rings. The molecule has 5 heteroatoms. The van der Waals surface area contributed by atoms with Crippen LogP contribution >= 0.6 is 0 Å². The molecule has 1 N–H and O–H groups in total. The quantitative estimate of drug-likeness (QED) is 0.809. The summed E-state index contributed by atoms with van der Waals surface area (Å²) < 4.78 is 19.7. The average molecular weight is 362 g/mol. The van der Waals surface area contributed by atoms with Crippen molar-refractivity contribution in [1.29, 1.82) is 0 Å². The lowest BCUT2D eigenvalue weighted by Crippen LogP contribution is -2.49. The Hall–Kier alpha value is -1.17. The van der Waals surface area contributed by atoms with Crippen LogP contribution in [0.1, 0.15) is 25.7 Å². The topological polar surface area (TPSA) is 35.9 Å². The summed E-state index contributed by atoms with van der Waals surface area (Å²) >= 11 is 0. The second-order valence-corrected chi connectivity index (χ2v) is 8.37. The van der Waals surface area contributed by atoms with Gasteiger partial charge in [-0.05, 0) is 49.1 Å². The fraction of sp³-hybridized carbons (Fsp3) is 0.714. The zero-order chi connectivity index (χ0) is 17.9. The minimum atomic E-state index is -0.436. The average Bonchev–Trinajstić information content (AvgIpc) is 3.26. The number of nitrogens with zero attached hydrogens (tertiary/aromatic N) is 2. The van der Waals surface area contributed by atoms with Gasteiger partial charge in [-0.15, -0.1) is 0 Å². The van der Waals surface area contributed by atoms with Crippen molar-refractivity contribution in [2.45, 2.75) is 31.8 Å². The van der Waals surface area contributed by atoms with Gasteiger partial charge >= 0.3 is 0 Å². The van der Waals surface area contributed by atoms with Crippen molar-refractivity contribution in [3.63, 3.8) is 0 Å². The molecule has 2 saturated carbocycles. The van der Waals surface area contributed by atoms with Gasteiger partial charge in [0.2, 0.25) is 0 Å². The number of ether oxygens (including phenoxy) is 1. The largest absolute Gasteiger partial charge is 0.389 e. The van der Waals surface area contributed by atoms with Crippen LogP contribution in [0.3, 0.4) is 0 Å². The van der Waals surface area contributed by atoms with Crippen molar-refractivity contribution in [2.24, 2.45) is 17.8 Å². The van der Waals surface area contributed by atoms with Gasteiger partial charge < -0.3 is 14.7 Å². The Morgan fingerprint density at radius 3 is 2.62 bits per heavy atom. The number of fused-ring (bicyclic) bond motifs is 2. The molecule has 144 valence electrons. The normalized spacial score (nSPS) is 30.1. The number of anilines is 1. The van der Waals surface area contributed by atoms with Crippen molar-refractivity contribution in [3.05, 3.63) is 30.1 Å². The van der Waals surface area contributed by atoms with E-state index in [4.69, 9.17) is 4.74 Å². The molecule has 4 nitrogen and oxygen atoms in total. The van der Waals surface area contributed by atoms with E-state index < -0.39 is 6.10 Å². The van der Waals surface area contributed by atoms with Crippen molar-refractivity contribution >= 4 is 5.69 Å². The van der Waals surface area contributed by atoms with E-state index in [1.54, 1.807) is 6.07 Å². The Morgan fingerprint density at radius 1 is 1.12 bits per heavy atom. The number of rotatable bonds is 7. The van der Waals surface area contributed by atoms with Crippen LogP contribution in [-0.4, -0.2) is 62.0 Å². The lowest BCUT2D eigenvalue weighted by molar-refractivity contribution is -0.00275. The van der Waals surface area contributed by atoms with Crippen LogP contribution < -0.4 is 4.90 Å². The number of β-amino-alcohol motifs (C(OH)–C–C–N with tert-alkyl or cyclic N) is 1. The number of benzene rings is 1. The van der Waals surface area contributed by atoms with Crippen LogP contribution in [0.5, 0.6) is 0 Å². The van der Waals surface area contributed by atoms with Gasteiger partial charge in [0, 0.05) is 39.3 Å². The summed E-state index contributed by atoms with van der Waals surface area (Å²) in [5, 5.41) is 10.3. The molecule has 0 unspecified atom stereocenters. The van der Waals surface area contributed by atoms with E-state index in [0.29, 0.717) is 18.8 Å². The molecular weight excluding hydrogens is 331 g/mol. The molecule has 3 fully saturated rings. The van der Waals surface area contributed by atoms with Gasteiger partial charge in [-0.1, -0.05) is 18.6 Å². The standard InChI is InChI=1S/C21H31FN2O2/c22-20-3-1-2-4-21(20)24-9-7-23(8-10-24)13-19(25)15-26-14-18-12-16-5-6-17(18)11-16/h1-4,16-19,25H,5-15H2/t16-,17-,18-,19-/m0/s1. The Bertz CT molecular complexity index is 591. The van der Waals surface area contributed by atoms with Gasteiger partial charge in [0.05, 0.1) is 18.4 Å². The summed E-state index contributed by atoms with van der Waals surface area (Å²) in [6.45, 7) is 5.16. The summed E-state index contributed by atoms with van der Waals surface area (Å²) in [7, 11) is 0. The van der Waals surface area contributed by atoms with Crippen molar-refractivity contribution in [2.75, 3.05) is 50.8 Å². The molecule has 26 heavy (non-hydrogen) atoms. The molecule has 2 aliphatic carbocycles. The number of piperazine rings is 1. The van der Waals surface area contributed by atoms with Crippen LogP contribution in [0.2, 0.25) is 0 Å². The Balaban J connectivity index is 1.14. The lowest BCUT2D eigenvalue weighted by Gasteiger charge is -2.37. The molecule has 1 aliphatic heterocycles. The van der Waals surface area contributed by atoms with E-state index in [1.165, 1.54) is 31.7 Å². The molecule has 1 aromatic carbocycles. The monoisotopic (exact) mass is 362 g/mol. The van der Waals surface area contributed by atoms with E-state index in [1.807, 2.05) is 12.1 Å². The minimum absolute atomic E-state index is 0.157. The molecule has 0 aromatic heterocycles. The van der Waals surface area contributed by atoms with Crippen LogP contribution in [0.15, 0.2) is 24.3 Å². The molecule has 4 rings (SSSR count). The van der Waals surface area contributed by atoms with Gasteiger partial charge in [0.1, 0.15) is 5.82 Å². The second kappa shape index (κ2) is 8.24. The third-order valence-corrected chi connectivity index (χ3v) is 6.56. The number of aliphatic hydroxyl groups excluding tert-OH is 1. The SMILES string of the molecule is O[C@H](COC[C@@H]1C[C@H]2CC[C@H]1C2)CN1CCN(c2ccccc2F)CC1. The van der Waals surface area contributed by atoms with Crippen LogP contribution in [0.4, 0.5) is 10.1 Å². The van der Waals surface area contributed by atoms with Crippen molar-refractivity contribution in [3.8, 4) is 0 Å². The van der Waals surface area contributed by atoms with Gasteiger partial charge in [0.15, 0.2) is 0 Å². The maximum atomic E-state index is 13.9. The fourth-order valence-electron chi connectivity index (χ4n) is 5.17. The first-order valence-electron chi connectivity index (χ1n) is 10.2. The number of hydrogen-bond donors (Lipinski definition) is 1. The molecule has 0 amide bonds. The molecule has 1 aromatic rings. The Labute approximate surface area is 155 Å². The molecule has 2 bridgehead atoms. The Kier molecular flexibility index (Phi) is 5.77. The van der Waals surface area contributed by atoms with E-state index in [9.17, 15) is 9.50 Å². The molecule has 1 saturated heterocycles. The first-order chi connectivity index (χ1) is 12.7. The summed E-state index contributed by atoms with van der Waals surface area (Å²) in [5.41, 5.74) is 0.682. The highest BCUT2D eigenvalue weighted by Gasteiger charge is 2.39. The highest BCUT2D eigenvalue weighted by Crippen LogP contribution is 2.48. The van der Waals surface area contributed by atoms with Gasteiger partial charge in [-0.3, -0.25) is 4.90 Å². The number of aliphatic hydroxyl groups is 1. The van der Waals surface area contributed by atoms with E-state index >= 15 is 0 Å². The predicted molar refractivity (Wildman–Crippen MR) is 101 cm³/mol. The summed E-state index contributed by atoms with van der Waals surface area (Å²) in [5.74, 6) is 2.40. The Morgan fingerprint density at radius 2 is 1.92 bits per heavy atom. The molecule has 0 radical (unpaired) electrons. The number of hydrogen-bond acceptors (Lipinski definition) is 4. The van der Waals surface area contributed by atoms with E-state index in [2.05, 4.69) is 9.80 Å². The number of halogens is 1. The summed E-state index contributed by atoms with van der Waals surface area (Å²) in [6, 6.07) is 6.95. The van der Waals surface area contributed by atoms with Gasteiger partial charge in [-0.2, -0.15) is 0 Å². The highest BCUT2D eigenvalue weighted by molar-refractivity contribution is 5.47. The zero-order valence-corrected chi connectivity index (χ0v) is 15.5. The van der Waals surface area contributed by atoms with E-state index in [-0.39, 0.29) is 5.82 Å². The summed E-state index contributed by atoms with van der Waals surface area (Å²) in [6.07, 6.45) is 5.10. The predicted octanol–water partition coefficient (Wildman–Crippen LogP) is 2.76. The second-order valence-electron chi connectivity index (χ2n) is 8.37. The molecule has 1 heterocycles. The molecule has 4 atom stereocenters. The fourth-order valence-corrected chi connectivity index (χ4v) is 5.17. The maximum absolute atomic E-state index is 13.9. The molecule has 0 spiro atoms. The van der Waals surface area contributed by atoms with Crippen LogP contribution in [0, 0.1) is 23.6 Å². The smallest absolute Gasteiger partial charge is 0.146 e. The van der Waals surface area contributed by atoms with Crippen LogP contribution in [-0.2, 0) is 4.74 Å². The van der Waals surface area contributed by atoms with Gasteiger partial charge in [0.25, 0.3) is 0 Å². The number of para-hydroxylation sites is 1. The maximum Gasteiger partial charge on any atom is 0.146 e. The van der Waals surface area contributed by atoms with E-state index in [0.717, 1.165) is 50.5 Å². The third-order valence-electron chi connectivity index (χ3n) is 6.56.